The minimum atomic E-state index is -4.55. The number of amidine groups is 1. The van der Waals surface area contributed by atoms with Crippen molar-refractivity contribution in [2.75, 3.05) is 30.9 Å². The van der Waals surface area contributed by atoms with E-state index in [2.05, 4.69) is 25.0 Å². The van der Waals surface area contributed by atoms with Crippen molar-refractivity contribution >= 4 is 40.9 Å². The molecule has 3 heterocycles. The number of nitrogens with two attached hydrogens (primary N) is 1. The van der Waals surface area contributed by atoms with Crippen molar-refractivity contribution in [1.29, 1.82) is 0 Å². The molecule has 15 heteroatoms. The molecule has 34 heavy (non-hydrogen) atoms. The van der Waals surface area contributed by atoms with Gasteiger partial charge in [-0.05, 0) is 18.2 Å². The van der Waals surface area contributed by atoms with Gasteiger partial charge in [0.25, 0.3) is 5.91 Å². The molecule has 184 valence electrons. The Labute approximate surface area is 199 Å². The van der Waals surface area contributed by atoms with Crippen LogP contribution < -0.4 is 15.8 Å². The van der Waals surface area contributed by atoms with Gasteiger partial charge in [-0.1, -0.05) is 11.8 Å². The van der Waals surface area contributed by atoms with Gasteiger partial charge in [-0.2, -0.15) is 13.2 Å². The van der Waals surface area contributed by atoms with Gasteiger partial charge >= 0.3 is 6.18 Å². The molecule has 1 aromatic carbocycles. The van der Waals surface area contributed by atoms with Crippen LogP contribution in [0.15, 0.2) is 35.6 Å². The number of amides is 1. The monoisotopic (exact) mass is 525 g/mol. The third kappa shape index (κ3) is 5.03. The van der Waals surface area contributed by atoms with Crippen LogP contribution in [0.1, 0.15) is 16.1 Å². The van der Waals surface area contributed by atoms with Crippen molar-refractivity contribution < 1.29 is 36.2 Å². The van der Waals surface area contributed by atoms with E-state index in [9.17, 15) is 22.4 Å². The second kappa shape index (κ2) is 9.50. The summed E-state index contributed by atoms with van der Waals surface area (Å²) < 4.78 is 76.7. The average molecular weight is 526 g/mol. The molecule has 2 aliphatic heterocycles. The van der Waals surface area contributed by atoms with E-state index in [0.29, 0.717) is 0 Å². The van der Waals surface area contributed by atoms with Crippen LogP contribution in [0.4, 0.5) is 27.6 Å². The van der Waals surface area contributed by atoms with Crippen molar-refractivity contribution in [1.82, 2.24) is 9.97 Å². The molecule has 1 fully saturated rings. The minimum absolute atomic E-state index is 0. The Bertz CT molecular complexity index is 1110. The number of halogens is 6. The van der Waals surface area contributed by atoms with Crippen LogP contribution in [0, 0.1) is 5.82 Å². The second-order valence-corrected chi connectivity index (χ2v) is 8.35. The van der Waals surface area contributed by atoms with Crippen LogP contribution in [0.3, 0.4) is 0 Å². The highest BCUT2D eigenvalue weighted by Crippen LogP contribution is 2.50. The van der Waals surface area contributed by atoms with Gasteiger partial charge in [0.05, 0.1) is 25.6 Å². The average Bonchev–Trinajstić information content (AvgIpc) is 3.10. The highest BCUT2D eigenvalue weighted by Gasteiger charge is 2.61. The fourth-order valence-corrected chi connectivity index (χ4v) is 4.39. The third-order valence-electron chi connectivity index (χ3n) is 5.05. The molecule has 0 aliphatic carbocycles. The minimum Gasteiger partial charge on any atom is -0.467 e. The van der Waals surface area contributed by atoms with Crippen LogP contribution in [0.25, 0.3) is 0 Å². The van der Waals surface area contributed by atoms with E-state index in [1.54, 1.807) is 0 Å². The number of carbonyl (C=O) groups is 1. The zero-order valence-electron chi connectivity index (χ0n) is 17.1. The molecule has 2 aliphatic rings. The fraction of sp³-hybridized carbons (Fsp3) is 0.368. The zero-order chi connectivity index (χ0) is 23.9. The zero-order valence-corrected chi connectivity index (χ0v) is 18.7. The van der Waals surface area contributed by atoms with Gasteiger partial charge in [0, 0.05) is 17.0 Å². The second-order valence-electron chi connectivity index (χ2n) is 7.35. The van der Waals surface area contributed by atoms with Crippen molar-refractivity contribution in [2.45, 2.75) is 17.4 Å². The number of hydrogen-bond acceptors (Lipinski definition) is 8. The molecule has 1 amide bonds. The summed E-state index contributed by atoms with van der Waals surface area (Å²) in [4.78, 5) is 24.0. The summed E-state index contributed by atoms with van der Waals surface area (Å²) in [5, 5.41) is 2.55. The molecule has 1 saturated heterocycles. The molecule has 4 rings (SSSR count). The predicted molar refractivity (Wildman–Crippen MR) is 116 cm³/mol. The van der Waals surface area contributed by atoms with Gasteiger partial charge in [-0.15, -0.1) is 12.4 Å². The molecule has 0 saturated carbocycles. The lowest BCUT2D eigenvalue weighted by Gasteiger charge is -2.38. The molecular formula is C19H17ClF5N5O3S. The molecule has 3 N–H and O–H groups in total. The molecule has 2 aromatic rings. The van der Waals surface area contributed by atoms with Gasteiger partial charge in [-0.3, -0.25) is 4.79 Å². The van der Waals surface area contributed by atoms with E-state index in [1.807, 2.05) is 0 Å². The standard InChI is InChI=1S/C19H16F5N5O3S.ClH/c20-12-2-1-10(3-11(12)18-7-31-6-17(18,21)9-33-16(25)29-18)28-15(30)13-4-27-14(5-26-13)32-8-19(22,23)24;/h1-5H,6-9H2,(H2,25,29)(H,28,30);1H/t17-,18-;/m1./s1. The topological polar surface area (TPSA) is 112 Å². The maximum Gasteiger partial charge on any atom is 0.422 e. The summed E-state index contributed by atoms with van der Waals surface area (Å²) in [6, 6.07) is 3.53. The number of benzene rings is 1. The van der Waals surface area contributed by atoms with Gasteiger partial charge in [-0.25, -0.2) is 23.7 Å². The Kier molecular flexibility index (Phi) is 7.24. The van der Waals surface area contributed by atoms with Crippen molar-refractivity contribution in [3.63, 3.8) is 0 Å². The number of nitrogens with zero attached hydrogens (tertiary/aromatic N) is 3. The van der Waals surface area contributed by atoms with Crippen molar-refractivity contribution in [2.24, 2.45) is 10.7 Å². The smallest absolute Gasteiger partial charge is 0.422 e. The lowest BCUT2D eigenvalue weighted by atomic mass is 9.79. The summed E-state index contributed by atoms with van der Waals surface area (Å²) in [5.41, 5.74) is 1.81. The van der Waals surface area contributed by atoms with E-state index in [0.717, 1.165) is 30.2 Å². The van der Waals surface area contributed by atoms with Crippen LogP contribution in [-0.4, -0.2) is 58.5 Å². The van der Waals surface area contributed by atoms with Crippen LogP contribution in [0.2, 0.25) is 0 Å². The van der Waals surface area contributed by atoms with Gasteiger partial charge in [0.15, 0.2) is 23.0 Å². The first-order chi connectivity index (χ1) is 15.5. The quantitative estimate of drug-likeness (QED) is 0.576. The van der Waals surface area contributed by atoms with Crippen LogP contribution in [-0.2, 0) is 10.3 Å². The number of fused-ring (bicyclic) bond motifs is 1. The Hall–Kier alpha value is -2.71. The summed E-state index contributed by atoms with van der Waals surface area (Å²) >= 11 is 1.00. The summed E-state index contributed by atoms with van der Waals surface area (Å²) in [6.07, 6.45) is -2.77. The number of alkyl halides is 4. The van der Waals surface area contributed by atoms with E-state index in [4.69, 9.17) is 10.5 Å². The van der Waals surface area contributed by atoms with Crippen LogP contribution in [0.5, 0.6) is 5.88 Å². The molecule has 2 atom stereocenters. The Morgan fingerprint density at radius 3 is 2.71 bits per heavy atom. The number of nitrogens with one attached hydrogen (secondary N) is 1. The van der Waals surface area contributed by atoms with E-state index >= 15 is 4.39 Å². The highest BCUT2D eigenvalue weighted by molar-refractivity contribution is 8.13. The largest absolute Gasteiger partial charge is 0.467 e. The van der Waals surface area contributed by atoms with Gasteiger partial charge in [0.1, 0.15) is 11.5 Å². The lowest BCUT2D eigenvalue weighted by Crippen LogP contribution is -2.52. The fourth-order valence-electron chi connectivity index (χ4n) is 3.47. The molecule has 0 spiro atoms. The van der Waals surface area contributed by atoms with E-state index in [-0.39, 0.29) is 53.5 Å². The SMILES string of the molecule is Cl.NC1=N[C@@]2(c3cc(NC(=O)c4cnc(OCC(F)(F)F)cn4)ccc3F)COC[C@@]2(F)CS1. The van der Waals surface area contributed by atoms with E-state index in [1.165, 1.54) is 12.1 Å². The first-order valence-electron chi connectivity index (χ1n) is 9.39. The number of aliphatic imine (C=N–C) groups is 1. The summed E-state index contributed by atoms with van der Waals surface area (Å²) in [5.74, 6) is -2.03. The molecule has 0 radical (unpaired) electrons. The maximum atomic E-state index is 15.6. The number of thioether (sulfide) groups is 1. The lowest BCUT2D eigenvalue weighted by molar-refractivity contribution is -0.154. The normalized spacial score (nSPS) is 24.0. The number of aromatic nitrogens is 2. The van der Waals surface area contributed by atoms with E-state index < -0.39 is 41.6 Å². The van der Waals surface area contributed by atoms with Crippen molar-refractivity contribution in [3.8, 4) is 5.88 Å². The molecule has 1 aromatic heterocycles. The maximum absolute atomic E-state index is 15.6. The Balaban J connectivity index is 0.00000324. The third-order valence-corrected chi connectivity index (χ3v) is 6.04. The van der Waals surface area contributed by atoms with Gasteiger partial charge < -0.3 is 20.5 Å². The number of hydrogen-bond donors (Lipinski definition) is 2. The number of rotatable bonds is 5. The highest BCUT2D eigenvalue weighted by atomic mass is 35.5. The Morgan fingerprint density at radius 2 is 2.03 bits per heavy atom. The first kappa shape index (κ1) is 25.9. The number of anilines is 1. The van der Waals surface area contributed by atoms with Crippen LogP contribution >= 0.6 is 24.2 Å². The first-order valence-corrected chi connectivity index (χ1v) is 10.4. The summed E-state index contributed by atoms with van der Waals surface area (Å²) in [6.45, 7) is -2.08. The molecule has 8 nitrogen and oxygen atoms in total. The van der Waals surface area contributed by atoms with Crippen molar-refractivity contribution in [3.05, 3.63) is 47.7 Å². The Morgan fingerprint density at radius 1 is 1.26 bits per heavy atom. The number of ether oxygens (including phenoxy) is 2. The molecule has 0 bridgehead atoms. The summed E-state index contributed by atoms with van der Waals surface area (Å²) in [7, 11) is 0. The molecule has 0 unspecified atom stereocenters. The van der Waals surface area contributed by atoms with Gasteiger partial charge in [0.2, 0.25) is 5.88 Å². The number of carbonyl (C=O) groups excluding carboxylic acids is 1. The molecular weight excluding hydrogens is 509 g/mol. The predicted octanol–water partition coefficient (Wildman–Crippen LogP) is 3.23.